The predicted molar refractivity (Wildman–Crippen MR) is 62.4 cm³/mol. The molecule has 1 N–H and O–H groups in total. The summed E-state index contributed by atoms with van der Waals surface area (Å²) in [6.07, 6.45) is 0.186. The molecule has 1 aliphatic heterocycles. The van der Waals surface area contributed by atoms with Crippen LogP contribution in [0, 0.1) is 0 Å². The second-order valence-corrected chi connectivity index (χ2v) is 5.34. The van der Waals surface area contributed by atoms with E-state index in [0.717, 1.165) is 5.75 Å². The van der Waals surface area contributed by atoms with Gasteiger partial charge in [-0.2, -0.15) is 11.8 Å². The molecule has 86 valence electrons. The monoisotopic (exact) mass is 250 g/mol. The molecule has 1 aliphatic rings. The summed E-state index contributed by atoms with van der Waals surface area (Å²) in [4.78, 5) is 24.4. The van der Waals surface area contributed by atoms with Crippen molar-refractivity contribution in [2.45, 2.75) is 18.6 Å². The van der Waals surface area contributed by atoms with Gasteiger partial charge in [-0.3, -0.25) is 10.1 Å². The number of amides is 3. The van der Waals surface area contributed by atoms with Gasteiger partial charge in [-0.15, -0.1) is 11.6 Å². The van der Waals surface area contributed by atoms with Crippen molar-refractivity contribution in [1.82, 2.24) is 10.2 Å². The van der Waals surface area contributed by atoms with Crippen LogP contribution < -0.4 is 5.32 Å². The number of nitrogens with zero attached hydrogens (tertiary/aromatic N) is 1. The van der Waals surface area contributed by atoms with Crippen molar-refractivity contribution in [2.75, 3.05) is 24.7 Å². The van der Waals surface area contributed by atoms with Gasteiger partial charge in [0.25, 0.3) is 0 Å². The zero-order valence-electron chi connectivity index (χ0n) is 8.66. The Morgan fingerprint density at radius 1 is 1.60 bits per heavy atom. The molecule has 1 heterocycles. The molecule has 1 atom stereocenters. The Balaban J connectivity index is 2.35. The van der Waals surface area contributed by atoms with Crippen molar-refractivity contribution in [3.8, 4) is 0 Å². The first-order chi connectivity index (χ1) is 7.13. The number of hydrogen-bond donors (Lipinski definition) is 1. The smallest absolute Gasteiger partial charge is 0.323 e. The van der Waals surface area contributed by atoms with E-state index in [0.29, 0.717) is 18.3 Å². The molecule has 0 aromatic heterocycles. The van der Waals surface area contributed by atoms with Crippen LogP contribution in [0.25, 0.3) is 0 Å². The van der Waals surface area contributed by atoms with E-state index < -0.39 is 0 Å². The summed E-state index contributed by atoms with van der Waals surface area (Å²) in [7, 11) is 0. The number of hydrogen-bond acceptors (Lipinski definition) is 3. The Labute approximate surface area is 98.7 Å². The molecule has 4 nitrogen and oxygen atoms in total. The largest absolute Gasteiger partial charge is 0.324 e. The topological polar surface area (TPSA) is 49.4 Å². The highest BCUT2D eigenvalue weighted by molar-refractivity contribution is 7.99. The highest BCUT2D eigenvalue weighted by atomic mass is 35.5. The summed E-state index contributed by atoms with van der Waals surface area (Å²) in [5.41, 5.74) is 0. The number of rotatable bonds is 2. The summed E-state index contributed by atoms with van der Waals surface area (Å²) >= 11 is 7.24. The fourth-order valence-electron chi connectivity index (χ4n) is 1.35. The van der Waals surface area contributed by atoms with E-state index in [1.165, 1.54) is 0 Å². The van der Waals surface area contributed by atoms with Crippen LogP contribution >= 0.6 is 23.4 Å². The van der Waals surface area contributed by atoms with Gasteiger partial charge in [0.15, 0.2) is 0 Å². The number of carbonyl (C=O) groups is 2. The van der Waals surface area contributed by atoms with Gasteiger partial charge in [-0.05, 0) is 0 Å². The Kier molecular flexibility index (Phi) is 5.25. The van der Waals surface area contributed by atoms with Gasteiger partial charge in [0, 0.05) is 36.4 Å². The molecule has 3 amide bonds. The lowest BCUT2D eigenvalue weighted by atomic mass is 10.4. The number of thioether (sulfide) groups is 1. The Morgan fingerprint density at radius 2 is 2.33 bits per heavy atom. The van der Waals surface area contributed by atoms with Crippen molar-refractivity contribution in [3.05, 3.63) is 0 Å². The molecule has 6 heteroatoms. The number of carbonyl (C=O) groups excluding carboxylic acids is 2. The van der Waals surface area contributed by atoms with Gasteiger partial charge in [0.1, 0.15) is 0 Å². The highest BCUT2D eigenvalue weighted by Crippen LogP contribution is 2.17. The minimum absolute atomic E-state index is 0.186. The minimum atomic E-state index is -0.305. The first kappa shape index (κ1) is 12.6. The van der Waals surface area contributed by atoms with E-state index in [1.54, 1.807) is 4.90 Å². The maximum Gasteiger partial charge on any atom is 0.324 e. The highest BCUT2D eigenvalue weighted by Gasteiger charge is 2.22. The van der Waals surface area contributed by atoms with E-state index in [1.807, 2.05) is 11.8 Å². The van der Waals surface area contributed by atoms with Crippen LogP contribution in [-0.2, 0) is 4.79 Å². The quantitative estimate of drug-likeness (QED) is 0.752. The number of alkyl halides is 1. The van der Waals surface area contributed by atoms with E-state index in [9.17, 15) is 9.59 Å². The summed E-state index contributed by atoms with van der Waals surface area (Å²) in [5.74, 6) is 0.866. The lowest BCUT2D eigenvalue weighted by Gasteiger charge is -2.30. The Bertz CT molecular complexity index is 250. The molecule has 1 unspecified atom stereocenters. The van der Waals surface area contributed by atoms with E-state index in [4.69, 9.17) is 11.6 Å². The molecular formula is C9H15ClN2O2S. The van der Waals surface area contributed by atoms with Gasteiger partial charge < -0.3 is 4.90 Å². The van der Waals surface area contributed by atoms with Crippen LogP contribution in [-0.4, -0.2) is 46.8 Å². The molecule has 0 aliphatic carbocycles. The lowest BCUT2D eigenvalue weighted by molar-refractivity contribution is -0.119. The third-order valence-corrected chi connectivity index (χ3v) is 3.42. The third kappa shape index (κ3) is 4.30. The standard InChI is InChI=1S/C9H15ClN2O2S/c1-7-6-12(4-5-15-7)9(14)11-8(13)2-3-10/h7H,2-6H2,1H3,(H,11,13,14). The normalized spacial score (nSPS) is 21.2. The molecule has 1 fully saturated rings. The first-order valence-electron chi connectivity index (χ1n) is 4.90. The van der Waals surface area contributed by atoms with Gasteiger partial charge >= 0.3 is 6.03 Å². The first-order valence-corrected chi connectivity index (χ1v) is 6.48. The van der Waals surface area contributed by atoms with E-state index >= 15 is 0 Å². The SMILES string of the molecule is CC1CN(C(=O)NC(=O)CCCl)CCS1. The molecule has 0 bridgehead atoms. The fraction of sp³-hybridized carbons (Fsp3) is 0.778. The molecule has 0 aromatic carbocycles. The second kappa shape index (κ2) is 6.23. The summed E-state index contributed by atoms with van der Waals surface area (Å²) in [6, 6.07) is -0.294. The molecule has 0 spiro atoms. The van der Waals surface area contributed by atoms with Crippen molar-refractivity contribution >= 4 is 35.3 Å². The number of urea groups is 1. The van der Waals surface area contributed by atoms with Gasteiger partial charge in [-0.25, -0.2) is 4.79 Å². The molecule has 0 aromatic rings. The Morgan fingerprint density at radius 3 is 2.93 bits per heavy atom. The van der Waals surface area contributed by atoms with Crippen LogP contribution in [0.5, 0.6) is 0 Å². The van der Waals surface area contributed by atoms with Crippen molar-refractivity contribution < 1.29 is 9.59 Å². The average molecular weight is 251 g/mol. The van der Waals surface area contributed by atoms with Gasteiger partial charge in [0.2, 0.25) is 5.91 Å². The predicted octanol–water partition coefficient (Wildman–Crippen LogP) is 1.29. The number of imide groups is 1. The average Bonchev–Trinajstić information content (AvgIpc) is 2.18. The molecule has 1 saturated heterocycles. The fourth-order valence-corrected chi connectivity index (χ4v) is 2.53. The van der Waals surface area contributed by atoms with E-state index in [2.05, 4.69) is 12.2 Å². The van der Waals surface area contributed by atoms with Gasteiger partial charge in [0.05, 0.1) is 0 Å². The lowest BCUT2D eigenvalue weighted by Crippen LogP contribution is -2.48. The Hall–Kier alpha value is -0.420. The minimum Gasteiger partial charge on any atom is -0.323 e. The maximum atomic E-state index is 11.6. The molecule has 0 radical (unpaired) electrons. The molecule has 15 heavy (non-hydrogen) atoms. The van der Waals surface area contributed by atoms with Gasteiger partial charge in [-0.1, -0.05) is 6.92 Å². The number of nitrogens with one attached hydrogen (secondary N) is 1. The van der Waals surface area contributed by atoms with Crippen LogP contribution in [0.15, 0.2) is 0 Å². The zero-order chi connectivity index (χ0) is 11.3. The van der Waals surface area contributed by atoms with Crippen LogP contribution in [0.3, 0.4) is 0 Å². The summed E-state index contributed by atoms with van der Waals surface area (Å²) < 4.78 is 0. The maximum absolute atomic E-state index is 11.6. The van der Waals surface area contributed by atoms with Crippen molar-refractivity contribution in [1.29, 1.82) is 0 Å². The van der Waals surface area contributed by atoms with Crippen molar-refractivity contribution in [2.24, 2.45) is 0 Å². The summed E-state index contributed by atoms with van der Waals surface area (Å²) in [6.45, 7) is 3.48. The summed E-state index contributed by atoms with van der Waals surface area (Å²) in [5, 5.41) is 2.76. The van der Waals surface area contributed by atoms with Crippen LogP contribution in [0.1, 0.15) is 13.3 Å². The van der Waals surface area contributed by atoms with Crippen molar-refractivity contribution in [3.63, 3.8) is 0 Å². The number of halogens is 1. The second-order valence-electron chi connectivity index (χ2n) is 3.42. The molecule has 1 rings (SSSR count). The molecular weight excluding hydrogens is 236 g/mol. The van der Waals surface area contributed by atoms with Crippen LogP contribution in [0.2, 0.25) is 0 Å². The van der Waals surface area contributed by atoms with Crippen LogP contribution in [0.4, 0.5) is 4.79 Å². The third-order valence-electron chi connectivity index (χ3n) is 2.10. The zero-order valence-corrected chi connectivity index (χ0v) is 10.2. The van der Waals surface area contributed by atoms with E-state index in [-0.39, 0.29) is 24.2 Å². The molecule has 0 saturated carbocycles.